The van der Waals surface area contributed by atoms with E-state index in [9.17, 15) is 9.59 Å². The number of ether oxygens (including phenoxy) is 2. The van der Waals surface area contributed by atoms with Gasteiger partial charge in [0.25, 0.3) is 5.91 Å². The number of carbonyl (C=O) groups is 2. The van der Waals surface area contributed by atoms with Gasteiger partial charge in [-0.2, -0.15) is 0 Å². The van der Waals surface area contributed by atoms with E-state index in [1.165, 1.54) is 24.2 Å². The zero-order valence-corrected chi connectivity index (χ0v) is 22.8. The Balaban J connectivity index is 1.92. The van der Waals surface area contributed by atoms with Crippen LogP contribution in [0, 0.1) is 5.82 Å². The molecule has 14 heteroatoms. The van der Waals surface area contributed by atoms with Crippen molar-refractivity contribution < 1.29 is 23.5 Å². The number of halogens is 1. The van der Waals surface area contributed by atoms with Crippen LogP contribution in [0.1, 0.15) is 57.8 Å². The molecule has 0 saturated heterocycles. The van der Waals surface area contributed by atoms with Gasteiger partial charge in [-0.25, -0.2) is 23.8 Å². The van der Waals surface area contributed by atoms with Crippen LogP contribution < -0.4 is 26.4 Å². The molecule has 0 aliphatic heterocycles. The van der Waals surface area contributed by atoms with Crippen molar-refractivity contribution in [3.8, 4) is 11.6 Å². The molecule has 3 aromatic rings. The van der Waals surface area contributed by atoms with E-state index in [1.807, 2.05) is 13.8 Å². The Morgan fingerprint density at radius 2 is 1.87 bits per heavy atom. The van der Waals surface area contributed by atoms with Gasteiger partial charge in [0.1, 0.15) is 17.1 Å². The minimum atomic E-state index is -0.876. The lowest BCUT2D eigenvalue weighted by molar-refractivity contribution is 0.0496. The maximum Gasteiger partial charge on any atom is 0.407 e. The third-order valence-electron chi connectivity index (χ3n) is 5.59. The number of nitrogens with zero attached hydrogens (tertiary/aromatic N) is 5. The van der Waals surface area contributed by atoms with Crippen LogP contribution in [0.25, 0.3) is 5.69 Å². The van der Waals surface area contributed by atoms with Crippen molar-refractivity contribution in [2.24, 2.45) is 5.73 Å². The molecular weight excluding hydrogens is 509 g/mol. The molecular formula is C25H34FN9O4. The van der Waals surface area contributed by atoms with Gasteiger partial charge in [-0.05, 0) is 45.7 Å². The summed E-state index contributed by atoms with van der Waals surface area (Å²) in [4.78, 5) is 33.1. The van der Waals surface area contributed by atoms with E-state index >= 15 is 4.39 Å². The van der Waals surface area contributed by atoms with Crippen molar-refractivity contribution in [1.82, 2.24) is 30.3 Å². The van der Waals surface area contributed by atoms with Crippen LogP contribution >= 0.6 is 0 Å². The summed E-state index contributed by atoms with van der Waals surface area (Å²) >= 11 is 0. The van der Waals surface area contributed by atoms with Crippen LogP contribution in [0.4, 0.5) is 26.5 Å². The van der Waals surface area contributed by atoms with Crippen LogP contribution in [0.3, 0.4) is 0 Å². The molecule has 0 aliphatic rings. The number of nitrogens with two attached hydrogens (primary N) is 1. The van der Waals surface area contributed by atoms with Gasteiger partial charge in [-0.15, -0.1) is 5.10 Å². The lowest BCUT2D eigenvalue weighted by atomic mass is 10.0. The van der Waals surface area contributed by atoms with Crippen LogP contribution in [-0.2, 0) is 4.74 Å². The fraction of sp³-hybridized carbons (Fsp3) is 0.440. The Bertz CT molecular complexity index is 1300. The van der Waals surface area contributed by atoms with Gasteiger partial charge in [0, 0.05) is 6.04 Å². The van der Waals surface area contributed by atoms with Crippen molar-refractivity contribution in [2.45, 2.75) is 65.1 Å². The number of amides is 2. The second-order valence-electron chi connectivity index (χ2n) is 9.62. The predicted molar refractivity (Wildman–Crippen MR) is 143 cm³/mol. The topological polar surface area (TPSA) is 171 Å². The first-order chi connectivity index (χ1) is 18.4. The van der Waals surface area contributed by atoms with E-state index in [0.717, 1.165) is 6.07 Å². The Kier molecular flexibility index (Phi) is 9.22. The monoisotopic (exact) mass is 543 g/mol. The van der Waals surface area contributed by atoms with E-state index in [0.29, 0.717) is 24.2 Å². The number of rotatable bonds is 11. The van der Waals surface area contributed by atoms with Crippen LogP contribution in [0.5, 0.6) is 5.88 Å². The van der Waals surface area contributed by atoms with E-state index in [4.69, 9.17) is 15.2 Å². The number of alkyl carbamates (subject to hydrolysis) is 1. The van der Waals surface area contributed by atoms with Gasteiger partial charge >= 0.3 is 6.09 Å². The number of carbonyl (C=O) groups excluding carboxylic acids is 2. The summed E-state index contributed by atoms with van der Waals surface area (Å²) in [6, 6.07) is 1.85. The van der Waals surface area contributed by atoms with E-state index in [1.54, 1.807) is 33.0 Å². The maximum absolute atomic E-state index is 15.1. The molecule has 0 fully saturated rings. The Labute approximate surface area is 225 Å². The molecule has 3 rings (SSSR count). The lowest BCUT2D eigenvalue weighted by Crippen LogP contribution is -2.48. The summed E-state index contributed by atoms with van der Waals surface area (Å²) in [6.07, 6.45) is 5.05. The second kappa shape index (κ2) is 12.4. The molecule has 0 aliphatic carbocycles. The minimum absolute atomic E-state index is 0.00547. The summed E-state index contributed by atoms with van der Waals surface area (Å²) < 4.78 is 27.2. The van der Waals surface area contributed by atoms with Gasteiger partial charge in [-0.1, -0.05) is 19.1 Å². The molecule has 0 spiro atoms. The number of hydrogen-bond donors (Lipinski definition) is 4. The van der Waals surface area contributed by atoms with Gasteiger partial charge in [-0.3, -0.25) is 4.79 Å². The number of methoxy groups -OCH3 is 1. The smallest absolute Gasteiger partial charge is 0.407 e. The molecule has 5 N–H and O–H groups in total. The van der Waals surface area contributed by atoms with Gasteiger partial charge in [0.15, 0.2) is 11.6 Å². The number of hydrogen-bond acceptors (Lipinski definition) is 10. The molecule has 39 heavy (non-hydrogen) atoms. The van der Waals surface area contributed by atoms with Crippen LogP contribution in [0.2, 0.25) is 0 Å². The standard InChI is InChI=1S/C25H34FN9O4/c1-7-17(18(8-2)32-24(37)39-25(3,4)5)31-22-16(26)12-15(20(27)36)21(33-22)30-14-11-19(23(38-6)28-13-14)35-10-9-29-34-35/h9-13,17-18H,7-8H2,1-6H3,(H2,27,36)(H,32,37)(H2,30,31,33)/t17-,18+/m1/s1. The Hall–Kier alpha value is -4.49. The maximum atomic E-state index is 15.1. The van der Waals surface area contributed by atoms with Crippen LogP contribution in [-0.4, -0.2) is 61.8 Å². The molecule has 2 atom stereocenters. The molecule has 0 saturated carbocycles. The molecule has 3 aromatic heterocycles. The molecule has 0 radical (unpaired) electrons. The van der Waals surface area contributed by atoms with Gasteiger partial charge in [0.05, 0.1) is 43.0 Å². The zero-order valence-electron chi connectivity index (χ0n) is 22.8. The average molecular weight is 544 g/mol. The molecule has 0 bridgehead atoms. The van der Waals surface area contributed by atoms with Crippen molar-refractivity contribution in [1.29, 1.82) is 0 Å². The first-order valence-corrected chi connectivity index (χ1v) is 12.4. The highest BCUT2D eigenvalue weighted by atomic mass is 19.1. The normalized spacial score (nSPS) is 12.8. The first kappa shape index (κ1) is 29.1. The fourth-order valence-electron chi connectivity index (χ4n) is 3.79. The Morgan fingerprint density at radius 3 is 2.44 bits per heavy atom. The number of primary amides is 1. The number of pyridine rings is 2. The average Bonchev–Trinajstić information content (AvgIpc) is 3.41. The molecule has 2 amide bonds. The molecule has 0 unspecified atom stereocenters. The fourth-order valence-corrected chi connectivity index (χ4v) is 3.79. The van der Waals surface area contributed by atoms with Crippen molar-refractivity contribution in [3.05, 3.63) is 42.1 Å². The number of nitrogens with one attached hydrogen (secondary N) is 3. The van der Waals surface area contributed by atoms with Crippen molar-refractivity contribution in [2.75, 3.05) is 17.7 Å². The lowest BCUT2D eigenvalue weighted by Gasteiger charge is -2.29. The molecule has 3 heterocycles. The highest BCUT2D eigenvalue weighted by Crippen LogP contribution is 2.28. The van der Waals surface area contributed by atoms with Crippen molar-refractivity contribution >= 4 is 29.3 Å². The van der Waals surface area contributed by atoms with Crippen molar-refractivity contribution in [3.63, 3.8) is 0 Å². The zero-order chi connectivity index (χ0) is 28.7. The van der Waals surface area contributed by atoms with E-state index < -0.39 is 35.5 Å². The minimum Gasteiger partial charge on any atom is -0.479 e. The Morgan fingerprint density at radius 1 is 1.15 bits per heavy atom. The summed E-state index contributed by atoms with van der Waals surface area (Å²) in [5, 5.41) is 16.6. The highest BCUT2D eigenvalue weighted by Gasteiger charge is 2.26. The second-order valence-corrected chi connectivity index (χ2v) is 9.62. The third-order valence-corrected chi connectivity index (χ3v) is 5.59. The molecule has 0 aromatic carbocycles. The summed E-state index contributed by atoms with van der Waals surface area (Å²) in [6.45, 7) is 9.09. The SMILES string of the molecule is CC[C@H](NC(=O)OC(C)(C)C)[C@@H](CC)Nc1nc(Nc2cnc(OC)c(-n3ccnn3)c2)c(C(N)=O)cc1F. The highest BCUT2D eigenvalue weighted by molar-refractivity contribution is 5.98. The van der Waals surface area contributed by atoms with E-state index in [2.05, 4.69) is 36.2 Å². The summed E-state index contributed by atoms with van der Waals surface area (Å²) in [5.74, 6) is -1.50. The quantitative estimate of drug-likeness (QED) is 0.280. The summed E-state index contributed by atoms with van der Waals surface area (Å²) in [5.41, 5.74) is 5.55. The van der Waals surface area contributed by atoms with E-state index in [-0.39, 0.29) is 23.1 Å². The molecule has 13 nitrogen and oxygen atoms in total. The largest absolute Gasteiger partial charge is 0.479 e. The predicted octanol–water partition coefficient (Wildman–Crippen LogP) is 3.54. The number of anilines is 3. The van der Waals surface area contributed by atoms with Gasteiger partial charge in [0.2, 0.25) is 5.88 Å². The summed E-state index contributed by atoms with van der Waals surface area (Å²) in [7, 11) is 1.46. The third kappa shape index (κ3) is 7.52. The number of aromatic nitrogens is 5. The first-order valence-electron chi connectivity index (χ1n) is 12.4. The van der Waals surface area contributed by atoms with Crippen LogP contribution in [0.15, 0.2) is 30.7 Å². The molecule has 210 valence electrons. The van der Waals surface area contributed by atoms with Gasteiger partial charge < -0.3 is 31.2 Å².